The number of urea groups is 1. The average molecular weight is 519 g/mol. The van der Waals surface area contributed by atoms with Gasteiger partial charge in [0.05, 0.1) is 0 Å². The molecule has 1 saturated heterocycles. The zero-order valence-corrected chi connectivity index (χ0v) is 22.6. The third-order valence-electron chi connectivity index (χ3n) is 6.75. The summed E-state index contributed by atoms with van der Waals surface area (Å²) in [5.41, 5.74) is 5.57. The predicted octanol–water partition coefficient (Wildman–Crippen LogP) is 5.93. The molecular weight excluding hydrogens is 480 g/mol. The quantitative estimate of drug-likeness (QED) is 0.327. The van der Waals surface area contributed by atoms with Gasteiger partial charge < -0.3 is 15.5 Å². The van der Waals surface area contributed by atoms with Crippen LogP contribution < -0.4 is 10.6 Å². The molecule has 1 aliphatic rings. The van der Waals surface area contributed by atoms with Gasteiger partial charge in [0.15, 0.2) is 0 Å². The first kappa shape index (κ1) is 28.5. The van der Waals surface area contributed by atoms with E-state index in [0.717, 1.165) is 50.4 Å². The first-order valence-corrected chi connectivity index (χ1v) is 12.9. The SMILES string of the molecule is C=C(CN1CCNCC1)CN(CCC(c1ccccc1)c1ccccc1)C(=O)Nc1ccc(C)cc1.Cl. The molecule has 1 aliphatic heterocycles. The Morgan fingerprint density at radius 2 is 1.51 bits per heavy atom. The van der Waals surface area contributed by atoms with E-state index in [0.29, 0.717) is 13.1 Å². The van der Waals surface area contributed by atoms with Crippen molar-refractivity contribution in [3.05, 3.63) is 114 Å². The van der Waals surface area contributed by atoms with Crippen molar-refractivity contribution in [1.82, 2.24) is 15.1 Å². The summed E-state index contributed by atoms with van der Waals surface area (Å²) in [6, 6.07) is 29.0. The lowest BCUT2D eigenvalue weighted by atomic mass is 9.88. The van der Waals surface area contributed by atoms with Gasteiger partial charge in [0.2, 0.25) is 0 Å². The number of nitrogens with zero attached hydrogens (tertiary/aromatic N) is 2. The second kappa shape index (κ2) is 14.6. The van der Waals surface area contributed by atoms with E-state index in [-0.39, 0.29) is 24.4 Å². The molecule has 2 N–H and O–H groups in total. The van der Waals surface area contributed by atoms with Crippen LogP contribution >= 0.6 is 12.4 Å². The lowest BCUT2D eigenvalue weighted by Crippen LogP contribution is -2.45. The van der Waals surface area contributed by atoms with E-state index in [2.05, 4.69) is 70.6 Å². The number of hydrogen-bond donors (Lipinski definition) is 2. The number of rotatable bonds is 10. The fourth-order valence-corrected chi connectivity index (χ4v) is 4.78. The molecule has 1 fully saturated rings. The molecule has 0 bridgehead atoms. The van der Waals surface area contributed by atoms with Crippen molar-refractivity contribution in [1.29, 1.82) is 0 Å². The molecule has 1 heterocycles. The van der Waals surface area contributed by atoms with Crippen LogP contribution in [-0.4, -0.2) is 61.6 Å². The van der Waals surface area contributed by atoms with Crippen LogP contribution in [0.1, 0.15) is 29.0 Å². The standard InChI is InChI=1S/C31H38N4O.ClH/c1-25-13-15-29(16-14-25)33-31(36)35(24-26(2)23-34-21-18-32-19-22-34)20-17-30(27-9-5-3-6-10-27)28-11-7-4-8-12-28;/h3-16,30,32H,2,17-24H2,1H3,(H,33,36);1H. The maximum Gasteiger partial charge on any atom is 0.322 e. The van der Waals surface area contributed by atoms with Gasteiger partial charge in [-0.2, -0.15) is 0 Å². The molecular formula is C31H39ClN4O. The minimum Gasteiger partial charge on any atom is -0.320 e. The zero-order chi connectivity index (χ0) is 25.2. The van der Waals surface area contributed by atoms with Gasteiger partial charge in [-0.1, -0.05) is 84.9 Å². The molecule has 4 rings (SSSR count). The third kappa shape index (κ3) is 8.74. The molecule has 3 aromatic rings. The fraction of sp³-hybridized carbons (Fsp3) is 0.323. The number of carbonyl (C=O) groups is 1. The van der Waals surface area contributed by atoms with Crippen LogP contribution in [0.25, 0.3) is 0 Å². The molecule has 0 radical (unpaired) electrons. The minimum absolute atomic E-state index is 0. The maximum atomic E-state index is 13.5. The van der Waals surface area contributed by atoms with E-state index >= 15 is 0 Å². The summed E-state index contributed by atoms with van der Waals surface area (Å²) in [7, 11) is 0. The van der Waals surface area contributed by atoms with Gasteiger partial charge >= 0.3 is 6.03 Å². The summed E-state index contributed by atoms with van der Waals surface area (Å²) in [5.74, 6) is 0.212. The van der Waals surface area contributed by atoms with Crippen molar-refractivity contribution >= 4 is 24.1 Å². The summed E-state index contributed by atoms with van der Waals surface area (Å²) in [5, 5.41) is 6.50. The molecule has 0 spiro atoms. The Morgan fingerprint density at radius 3 is 2.08 bits per heavy atom. The van der Waals surface area contributed by atoms with Gasteiger partial charge in [-0.3, -0.25) is 4.90 Å². The first-order chi connectivity index (χ1) is 17.6. The van der Waals surface area contributed by atoms with Gasteiger partial charge in [-0.25, -0.2) is 4.79 Å². The molecule has 2 amide bonds. The van der Waals surface area contributed by atoms with Crippen molar-refractivity contribution in [3.8, 4) is 0 Å². The Balaban J connectivity index is 0.00000380. The van der Waals surface area contributed by atoms with Crippen LogP contribution in [0.4, 0.5) is 10.5 Å². The van der Waals surface area contributed by atoms with Crippen molar-refractivity contribution in [2.45, 2.75) is 19.3 Å². The molecule has 3 aromatic carbocycles. The summed E-state index contributed by atoms with van der Waals surface area (Å²) >= 11 is 0. The van der Waals surface area contributed by atoms with E-state index in [1.54, 1.807) is 0 Å². The minimum atomic E-state index is -0.0832. The van der Waals surface area contributed by atoms with Crippen molar-refractivity contribution in [3.63, 3.8) is 0 Å². The molecule has 0 saturated carbocycles. The summed E-state index contributed by atoms with van der Waals surface area (Å²) in [4.78, 5) is 17.8. The van der Waals surface area contributed by atoms with Crippen molar-refractivity contribution < 1.29 is 4.79 Å². The highest BCUT2D eigenvalue weighted by Gasteiger charge is 2.21. The molecule has 0 aliphatic carbocycles. The van der Waals surface area contributed by atoms with E-state index in [4.69, 9.17) is 0 Å². The fourth-order valence-electron chi connectivity index (χ4n) is 4.78. The number of carbonyl (C=O) groups excluding carboxylic acids is 1. The molecule has 0 unspecified atom stereocenters. The average Bonchev–Trinajstić information content (AvgIpc) is 2.91. The van der Waals surface area contributed by atoms with Gasteiger partial charge in [-0.15, -0.1) is 12.4 Å². The van der Waals surface area contributed by atoms with Gasteiger partial charge in [-0.05, 0) is 42.2 Å². The van der Waals surface area contributed by atoms with Crippen LogP contribution in [0.3, 0.4) is 0 Å². The van der Waals surface area contributed by atoms with Gasteiger partial charge in [0.1, 0.15) is 0 Å². The molecule has 196 valence electrons. The summed E-state index contributed by atoms with van der Waals surface area (Å²) < 4.78 is 0. The first-order valence-electron chi connectivity index (χ1n) is 12.9. The molecule has 6 heteroatoms. The largest absolute Gasteiger partial charge is 0.322 e. The molecule has 5 nitrogen and oxygen atoms in total. The van der Waals surface area contributed by atoms with Crippen molar-refractivity contribution in [2.24, 2.45) is 0 Å². The monoisotopic (exact) mass is 518 g/mol. The molecule has 37 heavy (non-hydrogen) atoms. The van der Waals surface area contributed by atoms with Crippen LogP contribution in [0, 0.1) is 6.92 Å². The zero-order valence-electron chi connectivity index (χ0n) is 21.7. The Bertz CT molecular complexity index is 1060. The number of amides is 2. The third-order valence-corrected chi connectivity index (χ3v) is 6.75. The summed E-state index contributed by atoms with van der Waals surface area (Å²) in [6.45, 7) is 12.4. The number of piperazine rings is 1. The highest BCUT2D eigenvalue weighted by atomic mass is 35.5. The number of hydrogen-bond acceptors (Lipinski definition) is 3. The van der Waals surface area contributed by atoms with Crippen molar-refractivity contribution in [2.75, 3.05) is 51.1 Å². The van der Waals surface area contributed by atoms with Gasteiger partial charge in [0.25, 0.3) is 0 Å². The Morgan fingerprint density at radius 1 is 0.946 bits per heavy atom. The number of aryl methyl sites for hydroxylation is 1. The normalized spacial score (nSPS) is 13.6. The summed E-state index contributed by atoms with van der Waals surface area (Å²) in [6.07, 6.45) is 0.830. The van der Waals surface area contributed by atoms with E-state index in [1.807, 2.05) is 48.2 Å². The topological polar surface area (TPSA) is 47.6 Å². The number of halogens is 1. The smallest absolute Gasteiger partial charge is 0.320 e. The highest BCUT2D eigenvalue weighted by Crippen LogP contribution is 2.28. The van der Waals surface area contributed by atoms with Gasteiger partial charge in [0, 0.05) is 57.4 Å². The Kier molecular flexibility index (Phi) is 11.2. The Labute approximate surface area is 228 Å². The lowest BCUT2D eigenvalue weighted by molar-refractivity contribution is 0.210. The maximum absolute atomic E-state index is 13.5. The van der Waals surface area contributed by atoms with E-state index in [1.165, 1.54) is 16.7 Å². The second-order valence-electron chi connectivity index (χ2n) is 9.66. The van der Waals surface area contributed by atoms with Crippen LogP contribution in [0.2, 0.25) is 0 Å². The number of benzene rings is 3. The highest BCUT2D eigenvalue weighted by molar-refractivity contribution is 5.89. The Hall–Kier alpha value is -3.12. The lowest BCUT2D eigenvalue weighted by Gasteiger charge is -2.31. The predicted molar refractivity (Wildman–Crippen MR) is 157 cm³/mol. The van der Waals surface area contributed by atoms with E-state index < -0.39 is 0 Å². The van der Waals surface area contributed by atoms with E-state index in [9.17, 15) is 4.79 Å². The van der Waals surface area contributed by atoms with Crippen LogP contribution in [0.15, 0.2) is 97.1 Å². The van der Waals surface area contributed by atoms with Crippen LogP contribution in [0.5, 0.6) is 0 Å². The number of anilines is 1. The second-order valence-corrected chi connectivity index (χ2v) is 9.66. The molecule has 0 atom stereocenters. The van der Waals surface area contributed by atoms with Crippen LogP contribution in [-0.2, 0) is 0 Å². The molecule has 0 aromatic heterocycles. The number of nitrogens with one attached hydrogen (secondary N) is 2.